The van der Waals surface area contributed by atoms with Crippen molar-refractivity contribution in [1.29, 1.82) is 0 Å². The van der Waals surface area contributed by atoms with Gasteiger partial charge in [-0.15, -0.1) is 0 Å². The Labute approximate surface area is 122 Å². The van der Waals surface area contributed by atoms with E-state index in [9.17, 15) is 14.7 Å². The summed E-state index contributed by atoms with van der Waals surface area (Å²) in [5, 5.41) is 9.37. The fourth-order valence-electron chi connectivity index (χ4n) is 2.25. The minimum atomic E-state index is -1.08. The molecule has 1 amide bonds. The van der Waals surface area contributed by atoms with E-state index in [2.05, 4.69) is 4.98 Å². The van der Waals surface area contributed by atoms with Crippen LogP contribution in [0.4, 0.5) is 10.5 Å². The van der Waals surface area contributed by atoms with Gasteiger partial charge in [0.15, 0.2) is 0 Å². The summed E-state index contributed by atoms with van der Waals surface area (Å²) in [6.07, 6.45) is -0.298. The number of aromatic nitrogens is 1. The summed E-state index contributed by atoms with van der Waals surface area (Å²) in [7, 11) is 0. The Bertz CT molecular complexity index is 692. The van der Waals surface area contributed by atoms with E-state index in [1.165, 1.54) is 4.90 Å². The topological polar surface area (TPSA) is 73.4 Å². The van der Waals surface area contributed by atoms with Gasteiger partial charge < -0.3 is 10.1 Å². The van der Waals surface area contributed by atoms with Crippen LogP contribution in [0.1, 0.15) is 23.7 Å². The van der Waals surface area contributed by atoms with E-state index in [1.54, 1.807) is 30.3 Å². The summed E-state index contributed by atoms with van der Waals surface area (Å²) in [4.78, 5) is 27.4. The number of carbonyl (C=O) groups is 1. The fraction of sp³-hybridized carbons (Fsp3) is 0.250. The van der Waals surface area contributed by atoms with Gasteiger partial charge in [-0.3, -0.25) is 9.69 Å². The Kier molecular flexibility index (Phi) is 4.42. The number of aryl methyl sites for hydroxylation is 2. The van der Waals surface area contributed by atoms with Crippen molar-refractivity contribution in [3.63, 3.8) is 0 Å². The van der Waals surface area contributed by atoms with Gasteiger partial charge in [-0.25, -0.2) is 4.79 Å². The van der Waals surface area contributed by atoms with Crippen LogP contribution < -0.4 is 10.5 Å². The molecule has 110 valence electrons. The first kappa shape index (κ1) is 14.8. The number of anilines is 1. The number of amides is 1. The fourth-order valence-corrected chi connectivity index (χ4v) is 2.25. The van der Waals surface area contributed by atoms with E-state index in [1.807, 2.05) is 19.9 Å². The zero-order chi connectivity index (χ0) is 15.4. The standard InChI is InChI=1S/C16H18N2O3/c1-3-12-9-13(15(19)17-11(12)2)10-18(16(20)21)14-7-5-4-6-8-14/h4-9H,3,10H2,1-2H3,(H,17,19)(H,20,21). The minimum absolute atomic E-state index is 0.0297. The molecule has 0 saturated heterocycles. The van der Waals surface area contributed by atoms with Crippen LogP contribution in [0.25, 0.3) is 0 Å². The molecule has 1 aromatic heterocycles. The van der Waals surface area contributed by atoms with E-state index in [4.69, 9.17) is 0 Å². The number of rotatable bonds is 4. The number of H-pyrrole nitrogens is 1. The third-order valence-corrected chi connectivity index (χ3v) is 3.43. The maximum Gasteiger partial charge on any atom is 0.412 e. The molecule has 0 spiro atoms. The number of hydrogen-bond acceptors (Lipinski definition) is 2. The van der Waals surface area contributed by atoms with Crippen LogP contribution in [0.2, 0.25) is 0 Å². The number of hydrogen-bond donors (Lipinski definition) is 2. The van der Waals surface area contributed by atoms with Crippen LogP contribution >= 0.6 is 0 Å². The normalized spacial score (nSPS) is 10.4. The summed E-state index contributed by atoms with van der Waals surface area (Å²) in [6.45, 7) is 3.87. The molecule has 0 aliphatic rings. The van der Waals surface area contributed by atoms with E-state index in [0.29, 0.717) is 11.3 Å². The number of nitrogens with zero attached hydrogens (tertiary/aromatic N) is 1. The quantitative estimate of drug-likeness (QED) is 0.907. The zero-order valence-corrected chi connectivity index (χ0v) is 12.1. The largest absolute Gasteiger partial charge is 0.465 e. The van der Waals surface area contributed by atoms with Gasteiger partial charge in [-0.05, 0) is 37.1 Å². The Morgan fingerprint density at radius 2 is 1.90 bits per heavy atom. The van der Waals surface area contributed by atoms with Crippen LogP contribution in [0, 0.1) is 6.92 Å². The average molecular weight is 286 g/mol. The predicted octanol–water partition coefficient (Wildman–Crippen LogP) is 2.93. The lowest BCUT2D eigenvalue weighted by Gasteiger charge is -2.19. The van der Waals surface area contributed by atoms with Crippen LogP contribution in [0.3, 0.4) is 0 Å². The Morgan fingerprint density at radius 3 is 2.48 bits per heavy atom. The van der Waals surface area contributed by atoms with Crippen molar-refractivity contribution < 1.29 is 9.90 Å². The van der Waals surface area contributed by atoms with Gasteiger partial charge in [0.2, 0.25) is 0 Å². The van der Waals surface area contributed by atoms with Gasteiger partial charge in [-0.1, -0.05) is 25.1 Å². The van der Waals surface area contributed by atoms with Crippen LogP contribution in [-0.4, -0.2) is 16.2 Å². The smallest absolute Gasteiger partial charge is 0.412 e. The summed E-state index contributed by atoms with van der Waals surface area (Å²) in [5.74, 6) is 0. The lowest BCUT2D eigenvalue weighted by molar-refractivity contribution is 0.201. The van der Waals surface area contributed by atoms with Crippen molar-refractivity contribution in [2.45, 2.75) is 26.8 Å². The zero-order valence-electron chi connectivity index (χ0n) is 12.1. The molecule has 0 bridgehead atoms. The lowest BCUT2D eigenvalue weighted by Crippen LogP contribution is -2.31. The maximum absolute atomic E-state index is 12.0. The molecule has 21 heavy (non-hydrogen) atoms. The average Bonchev–Trinajstić information content (AvgIpc) is 2.47. The van der Waals surface area contributed by atoms with Crippen LogP contribution in [-0.2, 0) is 13.0 Å². The first-order valence-electron chi connectivity index (χ1n) is 6.80. The first-order valence-corrected chi connectivity index (χ1v) is 6.80. The van der Waals surface area contributed by atoms with E-state index < -0.39 is 6.09 Å². The Morgan fingerprint density at radius 1 is 1.24 bits per heavy atom. The SMILES string of the molecule is CCc1cc(CN(C(=O)O)c2ccccc2)c(=O)[nH]c1C. The second-order valence-corrected chi connectivity index (χ2v) is 4.83. The third kappa shape index (κ3) is 3.31. The van der Waals surface area contributed by atoms with E-state index in [0.717, 1.165) is 17.7 Å². The molecule has 5 heteroatoms. The van der Waals surface area contributed by atoms with Crippen LogP contribution in [0.15, 0.2) is 41.2 Å². The van der Waals surface area contributed by atoms with E-state index in [-0.39, 0.29) is 12.1 Å². The molecular weight excluding hydrogens is 268 g/mol. The highest BCUT2D eigenvalue weighted by Crippen LogP contribution is 2.16. The second kappa shape index (κ2) is 6.26. The molecule has 0 aliphatic heterocycles. The third-order valence-electron chi connectivity index (χ3n) is 3.43. The van der Waals surface area contributed by atoms with Gasteiger partial charge in [0.05, 0.1) is 6.54 Å². The number of carboxylic acid groups (broad SMARTS) is 1. The lowest BCUT2D eigenvalue weighted by atomic mass is 10.1. The maximum atomic E-state index is 12.0. The molecule has 2 aromatic rings. The summed E-state index contributed by atoms with van der Waals surface area (Å²) in [6, 6.07) is 10.5. The molecule has 1 heterocycles. The van der Waals surface area contributed by atoms with Gasteiger partial charge in [-0.2, -0.15) is 0 Å². The number of aromatic amines is 1. The summed E-state index contributed by atoms with van der Waals surface area (Å²) >= 11 is 0. The monoisotopic (exact) mass is 286 g/mol. The van der Waals surface area contributed by atoms with E-state index >= 15 is 0 Å². The summed E-state index contributed by atoms with van der Waals surface area (Å²) < 4.78 is 0. The Balaban J connectivity index is 2.39. The highest BCUT2D eigenvalue weighted by molar-refractivity contribution is 5.85. The van der Waals surface area contributed by atoms with Crippen molar-refractivity contribution >= 4 is 11.8 Å². The molecule has 1 aromatic carbocycles. The second-order valence-electron chi connectivity index (χ2n) is 4.83. The molecule has 0 saturated carbocycles. The molecule has 5 nitrogen and oxygen atoms in total. The number of benzene rings is 1. The molecular formula is C16H18N2O3. The van der Waals surface area contributed by atoms with Crippen molar-refractivity contribution in [3.8, 4) is 0 Å². The predicted molar refractivity (Wildman–Crippen MR) is 81.8 cm³/mol. The molecule has 0 fully saturated rings. The molecule has 0 unspecified atom stereocenters. The van der Waals surface area contributed by atoms with Crippen LogP contribution in [0.5, 0.6) is 0 Å². The van der Waals surface area contributed by atoms with Crippen molar-refractivity contribution in [2.24, 2.45) is 0 Å². The Hall–Kier alpha value is -2.56. The van der Waals surface area contributed by atoms with Crippen molar-refractivity contribution in [2.75, 3.05) is 4.90 Å². The highest BCUT2D eigenvalue weighted by atomic mass is 16.4. The van der Waals surface area contributed by atoms with Gasteiger partial charge in [0.1, 0.15) is 0 Å². The van der Waals surface area contributed by atoms with Gasteiger partial charge in [0, 0.05) is 16.9 Å². The number of pyridine rings is 1. The van der Waals surface area contributed by atoms with Crippen molar-refractivity contribution in [1.82, 2.24) is 4.98 Å². The number of nitrogens with one attached hydrogen (secondary N) is 1. The molecule has 2 rings (SSSR count). The molecule has 0 aliphatic carbocycles. The molecule has 0 atom stereocenters. The van der Waals surface area contributed by atoms with Crippen molar-refractivity contribution in [3.05, 3.63) is 63.6 Å². The highest BCUT2D eigenvalue weighted by Gasteiger charge is 2.17. The number of para-hydroxylation sites is 1. The summed E-state index contributed by atoms with van der Waals surface area (Å²) in [5.41, 5.74) is 2.59. The molecule has 0 radical (unpaired) electrons. The minimum Gasteiger partial charge on any atom is -0.465 e. The molecule has 2 N–H and O–H groups in total. The van der Waals surface area contributed by atoms with Gasteiger partial charge >= 0.3 is 6.09 Å². The first-order chi connectivity index (χ1) is 10.0. The van der Waals surface area contributed by atoms with Gasteiger partial charge in [0.25, 0.3) is 5.56 Å².